The van der Waals surface area contributed by atoms with Crippen molar-refractivity contribution in [3.05, 3.63) is 78.5 Å². The van der Waals surface area contributed by atoms with E-state index in [2.05, 4.69) is 11.9 Å². The molecule has 2 aromatic carbocycles. The summed E-state index contributed by atoms with van der Waals surface area (Å²) >= 11 is 1.25. The lowest BCUT2D eigenvalue weighted by Crippen LogP contribution is -2.40. The summed E-state index contributed by atoms with van der Waals surface area (Å²) in [4.78, 5) is 32.4. The summed E-state index contributed by atoms with van der Waals surface area (Å²) < 4.78 is 30.4. The Morgan fingerprint density at radius 3 is 2.49 bits per heavy atom. The molecule has 0 fully saturated rings. The number of para-hydroxylation sites is 1. The van der Waals surface area contributed by atoms with E-state index in [1.807, 2.05) is 31.2 Å². The van der Waals surface area contributed by atoms with E-state index in [0.29, 0.717) is 56.8 Å². The third kappa shape index (κ3) is 6.17. The van der Waals surface area contributed by atoms with E-state index in [1.54, 1.807) is 46.3 Å². The van der Waals surface area contributed by atoms with Gasteiger partial charge in [0.15, 0.2) is 27.8 Å². The molecule has 0 radical (unpaired) electrons. The zero-order valence-electron chi connectivity index (χ0n) is 24.3. The molecule has 0 unspecified atom stereocenters. The van der Waals surface area contributed by atoms with Crippen LogP contribution in [0.1, 0.15) is 57.7 Å². The number of hydrogen-bond donors (Lipinski definition) is 0. The smallest absolute Gasteiger partial charge is 0.338 e. The average molecular weight is 581 g/mol. The number of carbonyl (C=O) groups is 1. The summed E-state index contributed by atoms with van der Waals surface area (Å²) in [6.45, 7) is 8.61. The van der Waals surface area contributed by atoms with Crippen LogP contribution in [0.3, 0.4) is 0 Å². The fourth-order valence-corrected chi connectivity index (χ4v) is 5.71. The highest BCUT2D eigenvalue weighted by Crippen LogP contribution is 2.40. The van der Waals surface area contributed by atoms with Crippen molar-refractivity contribution in [2.75, 3.05) is 34.0 Å². The second kappa shape index (κ2) is 13.5. The highest BCUT2D eigenvalue weighted by Gasteiger charge is 2.36. The second-order valence-electron chi connectivity index (χ2n) is 9.23. The maximum absolute atomic E-state index is 14.0. The number of unbranched alkanes of at least 4 members (excludes halogenated alkanes) is 1. The Kier molecular flexibility index (Phi) is 9.88. The minimum Gasteiger partial charge on any atom is -0.493 e. The van der Waals surface area contributed by atoms with Crippen molar-refractivity contribution in [1.82, 2.24) is 4.57 Å². The molecule has 4 rings (SSSR count). The zero-order chi connectivity index (χ0) is 29.5. The molecule has 0 saturated carbocycles. The van der Waals surface area contributed by atoms with Gasteiger partial charge in [0.1, 0.15) is 6.04 Å². The van der Waals surface area contributed by atoms with E-state index in [9.17, 15) is 9.59 Å². The van der Waals surface area contributed by atoms with Crippen molar-refractivity contribution >= 4 is 23.4 Å². The van der Waals surface area contributed by atoms with Gasteiger partial charge in [-0.2, -0.15) is 0 Å². The quantitative estimate of drug-likeness (QED) is 0.232. The Labute approximate surface area is 243 Å². The molecule has 1 aromatic heterocycles. The molecule has 3 aromatic rings. The van der Waals surface area contributed by atoms with Gasteiger partial charge in [0, 0.05) is 5.56 Å². The van der Waals surface area contributed by atoms with Gasteiger partial charge in [0.2, 0.25) is 0 Å². The molecule has 0 aliphatic carbocycles. The fourth-order valence-electron chi connectivity index (χ4n) is 4.66. The largest absolute Gasteiger partial charge is 0.493 e. The van der Waals surface area contributed by atoms with Crippen LogP contribution in [0, 0.1) is 0 Å². The first-order valence-electron chi connectivity index (χ1n) is 13.7. The molecule has 0 spiro atoms. The van der Waals surface area contributed by atoms with Crippen molar-refractivity contribution in [1.29, 1.82) is 0 Å². The van der Waals surface area contributed by atoms with E-state index in [0.717, 1.165) is 18.4 Å². The molecule has 0 saturated heterocycles. The number of benzene rings is 2. The number of ether oxygens (including phenoxy) is 5. The highest BCUT2D eigenvalue weighted by molar-refractivity contribution is 7.07. The van der Waals surface area contributed by atoms with Gasteiger partial charge >= 0.3 is 5.97 Å². The first-order chi connectivity index (χ1) is 19.9. The van der Waals surface area contributed by atoms with Gasteiger partial charge in [-0.1, -0.05) is 42.9 Å². The van der Waals surface area contributed by atoms with Crippen LogP contribution in [-0.2, 0) is 9.53 Å². The van der Waals surface area contributed by atoms with Crippen molar-refractivity contribution in [3.63, 3.8) is 0 Å². The zero-order valence-corrected chi connectivity index (χ0v) is 25.1. The number of hydrogen-bond acceptors (Lipinski definition) is 9. The number of fused-ring (bicyclic) bond motifs is 1. The lowest BCUT2D eigenvalue weighted by molar-refractivity contribution is -0.139. The molecule has 1 aliphatic heterocycles. The topological polar surface area (TPSA) is 97.6 Å². The van der Waals surface area contributed by atoms with Gasteiger partial charge < -0.3 is 23.7 Å². The van der Waals surface area contributed by atoms with Crippen molar-refractivity contribution in [2.24, 2.45) is 4.99 Å². The Bertz CT molecular complexity index is 1620. The standard InChI is InChI=1S/C31H36N2O7S/c1-7-10-16-40-22-15-14-20(17-24(22)37-6)18-25-29(34)33-27(21-12-11-13-23(36-5)28(21)38-8-2)26(30(35)39-9-3)19(4)32-31(33)41-25/h11-15,17-18,27H,7-10,16H2,1-6H3/b25-18+/t27-/m0/s1. The molecule has 9 nitrogen and oxygen atoms in total. The Morgan fingerprint density at radius 1 is 1.02 bits per heavy atom. The first kappa shape index (κ1) is 29.9. The number of carbonyl (C=O) groups excluding carboxylic acids is 1. The van der Waals surface area contributed by atoms with Crippen LogP contribution in [-0.4, -0.2) is 44.6 Å². The van der Waals surface area contributed by atoms with Crippen LogP contribution in [0.2, 0.25) is 0 Å². The predicted molar refractivity (Wildman–Crippen MR) is 158 cm³/mol. The molecule has 218 valence electrons. The lowest BCUT2D eigenvalue weighted by Gasteiger charge is -2.26. The summed E-state index contributed by atoms with van der Waals surface area (Å²) in [5.74, 6) is 1.64. The molecular formula is C31H36N2O7S. The normalized spacial score (nSPS) is 14.8. The van der Waals surface area contributed by atoms with Gasteiger partial charge in [0.05, 0.1) is 49.8 Å². The summed E-state index contributed by atoms with van der Waals surface area (Å²) in [6, 6.07) is 10.1. The molecule has 0 N–H and O–H groups in total. The molecule has 0 bridgehead atoms. The summed E-state index contributed by atoms with van der Waals surface area (Å²) in [5.41, 5.74) is 1.83. The maximum Gasteiger partial charge on any atom is 0.338 e. The molecule has 2 heterocycles. The highest BCUT2D eigenvalue weighted by atomic mass is 32.1. The fraction of sp³-hybridized carbons (Fsp3) is 0.387. The predicted octanol–water partition coefficient (Wildman–Crippen LogP) is 4.39. The number of nitrogens with zero attached hydrogens (tertiary/aromatic N) is 2. The third-order valence-electron chi connectivity index (χ3n) is 6.57. The summed E-state index contributed by atoms with van der Waals surface area (Å²) in [7, 11) is 3.14. The van der Waals surface area contributed by atoms with Crippen LogP contribution in [0.5, 0.6) is 23.0 Å². The summed E-state index contributed by atoms with van der Waals surface area (Å²) in [5, 5.41) is 0. The van der Waals surface area contributed by atoms with Gasteiger partial charge in [-0.15, -0.1) is 0 Å². The Hall–Kier alpha value is -4.05. The van der Waals surface area contributed by atoms with E-state index in [-0.39, 0.29) is 17.7 Å². The molecule has 41 heavy (non-hydrogen) atoms. The Balaban J connectivity index is 1.90. The van der Waals surface area contributed by atoms with E-state index < -0.39 is 12.0 Å². The van der Waals surface area contributed by atoms with Crippen LogP contribution >= 0.6 is 11.3 Å². The van der Waals surface area contributed by atoms with Gasteiger partial charge in [-0.05, 0) is 57.0 Å². The lowest BCUT2D eigenvalue weighted by atomic mass is 9.94. The first-order valence-corrected chi connectivity index (χ1v) is 14.5. The van der Waals surface area contributed by atoms with Crippen molar-refractivity contribution in [2.45, 2.75) is 46.6 Å². The number of rotatable bonds is 12. The van der Waals surface area contributed by atoms with Gasteiger partial charge in [0.25, 0.3) is 5.56 Å². The third-order valence-corrected chi connectivity index (χ3v) is 7.55. The van der Waals surface area contributed by atoms with Gasteiger partial charge in [-0.25, -0.2) is 9.79 Å². The van der Waals surface area contributed by atoms with Crippen LogP contribution in [0.4, 0.5) is 0 Å². The van der Waals surface area contributed by atoms with Crippen molar-refractivity contribution in [3.8, 4) is 23.0 Å². The number of methoxy groups -OCH3 is 2. The molecule has 1 aliphatic rings. The van der Waals surface area contributed by atoms with E-state index in [1.165, 1.54) is 15.9 Å². The Morgan fingerprint density at radius 2 is 1.80 bits per heavy atom. The molecule has 10 heteroatoms. The minimum absolute atomic E-state index is 0.184. The van der Waals surface area contributed by atoms with Crippen LogP contribution < -0.4 is 33.8 Å². The van der Waals surface area contributed by atoms with Crippen LogP contribution in [0.25, 0.3) is 6.08 Å². The molecule has 1 atom stereocenters. The average Bonchev–Trinajstić information content (AvgIpc) is 3.27. The number of thiazole rings is 1. The van der Waals surface area contributed by atoms with E-state index in [4.69, 9.17) is 23.7 Å². The van der Waals surface area contributed by atoms with Crippen LogP contribution in [0.15, 0.2) is 57.5 Å². The monoisotopic (exact) mass is 580 g/mol. The van der Waals surface area contributed by atoms with Gasteiger partial charge in [-0.3, -0.25) is 9.36 Å². The van der Waals surface area contributed by atoms with Crippen molar-refractivity contribution < 1.29 is 28.5 Å². The summed E-state index contributed by atoms with van der Waals surface area (Å²) in [6.07, 6.45) is 3.76. The molecular weight excluding hydrogens is 544 g/mol. The minimum atomic E-state index is -0.826. The SMILES string of the molecule is CCCCOc1ccc(/C=c2/sc3n(c2=O)[C@@H](c2cccc(OC)c2OCC)C(C(=O)OCC)=C(C)N=3)cc1OC. The van der Waals surface area contributed by atoms with E-state index >= 15 is 0 Å². The number of aromatic nitrogens is 1. The second-order valence-corrected chi connectivity index (χ2v) is 10.2. The maximum atomic E-state index is 14.0. The number of esters is 1. The molecule has 0 amide bonds. The number of allylic oxidation sites excluding steroid dienone is 1.